The zero-order valence-corrected chi connectivity index (χ0v) is 3.78. The van der Waals surface area contributed by atoms with Gasteiger partial charge in [-0.15, -0.1) is 0 Å². The first kappa shape index (κ1) is 26.0. The minimum absolute atomic E-state index is 0. The van der Waals surface area contributed by atoms with Crippen LogP contribution in [-0.4, -0.2) is 22.5 Å². The Hall–Kier alpha value is 0.399. The molecule has 0 aliphatic rings. The van der Waals surface area contributed by atoms with E-state index in [1.807, 2.05) is 0 Å². The summed E-state index contributed by atoms with van der Waals surface area (Å²) < 4.78 is 0. The van der Waals surface area contributed by atoms with Crippen LogP contribution in [0.15, 0.2) is 0 Å². The molecule has 6 N–H and O–H groups in total. The maximum absolute atomic E-state index is 4.00. The average molecular weight is 129 g/mol. The van der Waals surface area contributed by atoms with Crippen molar-refractivity contribution in [1.29, 1.82) is 0 Å². The fourth-order valence-corrected chi connectivity index (χ4v) is 0. The van der Waals surface area contributed by atoms with Crippen LogP contribution in [0, 0.1) is 0 Å². The first-order chi connectivity index (χ1) is 1.00. The topological polar surface area (TPSA) is 83.5 Å². The zero-order valence-electron chi connectivity index (χ0n) is 2.06. The Morgan fingerprint density at radius 3 is 1.00 bits per heavy atom. The maximum atomic E-state index is 4.00. The molecule has 0 rings (SSSR count). The predicted molar refractivity (Wildman–Crippen MR) is 17.7 cm³/mol. The van der Waals surface area contributed by atoms with Gasteiger partial charge in [-0.05, 0) is 0 Å². The third kappa shape index (κ3) is 29.4. The van der Waals surface area contributed by atoms with Gasteiger partial charge in [0.1, 0.15) is 0 Å². The molecule has 28 valence electrons. The van der Waals surface area contributed by atoms with Gasteiger partial charge in [0, 0.05) is 17.1 Å². The molecular weight excluding hydrogens is 123 g/mol. The van der Waals surface area contributed by atoms with E-state index in [1.54, 1.807) is 0 Å². The normalized spacial score (nSPS) is 1.50. The van der Waals surface area contributed by atoms with Gasteiger partial charge in [0.05, 0.1) is 0 Å². The molecule has 0 spiro atoms. The average Bonchev–Trinajstić information content (AvgIpc) is 1.00. The van der Waals surface area contributed by atoms with Crippen LogP contribution >= 0.6 is 0 Å². The number of hydrazine groups is 1. The van der Waals surface area contributed by atoms with Crippen LogP contribution in [0.2, 0.25) is 0 Å². The summed E-state index contributed by atoms with van der Waals surface area (Å²) in [6.45, 7) is 0. The fourth-order valence-electron chi connectivity index (χ4n) is 0. The minimum Gasteiger partial charge on any atom is -0.412 e. The van der Waals surface area contributed by atoms with Crippen LogP contribution in [0.3, 0.4) is 0 Å². The Labute approximate surface area is 35.1 Å². The van der Waals surface area contributed by atoms with Gasteiger partial charge in [-0.25, -0.2) is 0 Å². The van der Waals surface area contributed by atoms with Gasteiger partial charge in [-0.3, -0.25) is 11.7 Å². The van der Waals surface area contributed by atoms with Crippen molar-refractivity contribution >= 4 is 17.1 Å². The fraction of sp³-hybridized carbons (Fsp3) is 0. The Kier molecular flexibility index (Phi) is 796. The van der Waals surface area contributed by atoms with Crippen molar-refractivity contribution in [2.24, 2.45) is 11.7 Å². The molecule has 0 saturated heterocycles. The molecule has 0 aliphatic heterocycles. The molecule has 3 nitrogen and oxygen atoms in total. The molecule has 2 radical (unpaired) electrons. The molecule has 0 atom stereocenters. The molecule has 4 heavy (non-hydrogen) atoms. The Morgan fingerprint density at radius 2 is 1.00 bits per heavy atom. The van der Waals surface area contributed by atoms with Crippen molar-refractivity contribution in [3.8, 4) is 0 Å². The summed E-state index contributed by atoms with van der Waals surface area (Å²) in [7, 11) is 0. The third-order valence-electron chi connectivity index (χ3n) is 0. The number of nitrogens with two attached hydrogens (primary N) is 2. The van der Waals surface area contributed by atoms with Gasteiger partial charge in [0.2, 0.25) is 0 Å². The minimum atomic E-state index is 0. The smallest absolute Gasteiger partial charge is 0 e. The molecule has 0 aromatic heterocycles. The molecule has 0 heterocycles. The molecule has 0 amide bonds. The van der Waals surface area contributed by atoms with Crippen molar-refractivity contribution in [3.05, 3.63) is 0 Å². The van der Waals surface area contributed by atoms with E-state index in [0.717, 1.165) is 0 Å². The van der Waals surface area contributed by atoms with Gasteiger partial charge in [-0.1, -0.05) is 0 Å². The number of rotatable bonds is 0. The summed E-state index contributed by atoms with van der Waals surface area (Å²) in [6.07, 6.45) is 0. The van der Waals surface area contributed by atoms with Crippen LogP contribution < -0.4 is 11.7 Å². The molecule has 0 fully saturated rings. The standard InChI is InChI=1S/H4N2.H2O.Se/c1-2;;/h1-2H2;1H2;. The SMILES string of the molecule is NN.O.[Se]. The molecule has 0 aromatic carbocycles. The molecule has 0 unspecified atom stereocenters. The number of hydrogen-bond donors (Lipinski definition) is 2. The van der Waals surface area contributed by atoms with E-state index in [0.29, 0.717) is 0 Å². The monoisotopic (exact) mass is 130 g/mol. The maximum Gasteiger partial charge on any atom is 0 e. The van der Waals surface area contributed by atoms with Gasteiger partial charge in [-0.2, -0.15) is 0 Å². The molecule has 0 aliphatic carbocycles. The van der Waals surface area contributed by atoms with E-state index in [-0.39, 0.29) is 22.5 Å². The van der Waals surface area contributed by atoms with Crippen molar-refractivity contribution in [2.45, 2.75) is 0 Å². The van der Waals surface area contributed by atoms with Crippen LogP contribution in [0.1, 0.15) is 0 Å². The van der Waals surface area contributed by atoms with E-state index in [4.69, 9.17) is 0 Å². The van der Waals surface area contributed by atoms with E-state index in [9.17, 15) is 0 Å². The van der Waals surface area contributed by atoms with E-state index in [2.05, 4.69) is 11.7 Å². The van der Waals surface area contributed by atoms with E-state index >= 15 is 0 Å². The van der Waals surface area contributed by atoms with E-state index in [1.165, 1.54) is 0 Å². The van der Waals surface area contributed by atoms with Crippen LogP contribution in [0.25, 0.3) is 0 Å². The van der Waals surface area contributed by atoms with Crippen molar-refractivity contribution in [3.63, 3.8) is 0 Å². The van der Waals surface area contributed by atoms with Crippen LogP contribution in [-0.2, 0) is 0 Å². The molecule has 4 heteroatoms. The van der Waals surface area contributed by atoms with Gasteiger partial charge in [0.15, 0.2) is 0 Å². The number of hydrogen-bond acceptors (Lipinski definition) is 2. The predicted octanol–water partition coefficient (Wildman–Crippen LogP) is -2.39. The molecule has 0 aromatic rings. The van der Waals surface area contributed by atoms with E-state index < -0.39 is 0 Å². The van der Waals surface area contributed by atoms with Crippen molar-refractivity contribution in [2.75, 3.05) is 0 Å². The second kappa shape index (κ2) is 123. The summed E-state index contributed by atoms with van der Waals surface area (Å²) in [5, 5.41) is 0. The third-order valence-corrected chi connectivity index (χ3v) is 0. The zero-order chi connectivity index (χ0) is 2.00. The Balaban J connectivity index is -0.00000000500. The summed E-state index contributed by atoms with van der Waals surface area (Å²) >= 11 is 0. The summed E-state index contributed by atoms with van der Waals surface area (Å²) in [6, 6.07) is 0. The first-order valence-electron chi connectivity index (χ1n) is 0.333. The molecule has 0 saturated carbocycles. The molecular formula is H6N2OSe. The van der Waals surface area contributed by atoms with Crippen LogP contribution in [0.5, 0.6) is 0 Å². The van der Waals surface area contributed by atoms with Crippen molar-refractivity contribution < 1.29 is 5.48 Å². The molecule has 0 bridgehead atoms. The summed E-state index contributed by atoms with van der Waals surface area (Å²) in [4.78, 5) is 0. The second-order valence-corrected chi connectivity index (χ2v) is 0. The first-order valence-corrected chi connectivity index (χ1v) is 0.333. The largest absolute Gasteiger partial charge is 0.412 e. The summed E-state index contributed by atoms with van der Waals surface area (Å²) in [5.41, 5.74) is 0. The van der Waals surface area contributed by atoms with Crippen LogP contribution in [0.4, 0.5) is 0 Å². The Morgan fingerprint density at radius 1 is 1.00 bits per heavy atom. The second-order valence-electron chi connectivity index (χ2n) is 0. The van der Waals surface area contributed by atoms with Gasteiger partial charge < -0.3 is 5.48 Å². The van der Waals surface area contributed by atoms with Gasteiger partial charge >= 0.3 is 0 Å². The quantitative estimate of drug-likeness (QED) is 0.217. The summed E-state index contributed by atoms with van der Waals surface area (Å²) in [5.74, 6) is 8.00. The van der Waals surface area contributed by atoms with Crippen molar-refractivity contribution in [1.82, 2.24) is 0 Å². The van der Waals surface area contributed by atoms with Gasteiger partial charge in [0.25, 0.3) is 0 Å². The Bertz CT molecular complexity index is 6.00.